The molecule has 0 N–H and O–H groups in total. The lowest BCUT2D eigenvalue weighted by Crippen LogP contribution is -2.25. The Balaban J connectivity index is 1.79. The van der Waals surface area contributed by atoms with Crippen molar-refractivity contribution in [1.29, 1.82) is 0 Å². The van der Waals surface area contributed by atoms with E-state index in [1.54, 1.807) is 6.07 Å². The first-order valence-electron chi connectivity index (χ1n) is 8.20. The van der Waals surface area contributed by atoms with E-state index in [1.165, 1.54) is 0 Å². The quantitative estimate of drug-likeness (QED) is 0.576. The molecule has 2 aromatic carbocycles. The Labute approximate surface area is 142 Å². The van der Waals surface area contributed by atoms with Crippen molar-refractivity contribution in [3.63, 3.8) is 0 Å². The zero-order valence-corrected chi connectivity index (χ0v) is 14.3. The normalized spacial score (nSPS) is 15.5. The molecule has 1 heterocycles. The highest BCUT2D eigenvalue weighted by molar-refractivity contribution is 5.78. The van der Waals surface area contributed by atoms with Crippen LogP contribution in [-0.4, -0.2) is 5.97 Å². The molecule has 0 amide bonds. The van der Waals surface area contributed by atoms with Crippen LogP contribution in [0, 0.1) is 5.41 Å². The molecule has 0 aliphatic carbocycles. The van der Waals surface area contributed by atoms with Crippen LogP contribution >= 0.6 is 0 Å². The first-order chi connectivity index (χ1) is 11.4. The second-order valence-electron chi connectivity index (χ2n) is 7.03. The molecule has 2 aromatic rings. The van der Waals surface area contributed by atoms with E-state index in [1.807, 2.05) is 63.2 Å². The molecule has 0 spiro atoms. The molecule has 0 saturated carbocycles. The fourth-order valence-corrected chi connectivity index (χ4v) is 2.45. The number of rotatable bonds is 2. The number of carbonyl (C=O) groups is 1. The highest BCUT2D eigenvalue weighted by atomic mass is 16.5. The predicted octanol–water partition coefficient (Wildman–Crippen LogP) is 5.00. The molecular weight excluding hydrogens is 300 g/mol. The molecular formula is C21H22O3. The van der Waals surface area contributed by atoms with Gasteiger partial charge in [-0.2, -0.15) is 0 Å². The van der Waals surface area contributed by atoms with Gasteiger partial charge >= 0.3 is 5.97 Å². The third kappa shape index (κ3) is 3.85. The first-order valence-corrected chi connectivity index (χ1v) is 8.20. The Hall–Kier alpha value is -2.55. The highest BCUT2D eigenvalue weighted by Gasteiger charge is 2.24. The Morgan fingerprint density at radius 3 is 2.54 bits per heavy atom. The van der Waals surface area contributed by atoms with Crippen molar-refractivity contribution in [3.05, 3.63) is 65.4 Å². The average Bonchev–Trinajstić information content (AvgIpc) is 2.54. The van der Waals surface area contributed by atoms with Gasteiger partial charge in [0.05, 0.1) is 5.41 Å². The highest BCUT2D eigenvalue weighted by Crippen LogP contribution is 2.34. The summed E-state index contributed by atoms with van der Waals surface area (Å²) < 4.78 is 11.5. The number of hydrogen-bond donors (Lipinski definition) is 0. The van der Waals surface area contributed by atoms with Crippen LogP contribution in [0.5, 0.6) is 11.5 Å². The number of aryl methyl sites for hydroxylation is 1. The number of hydrogen-bond acceptors (Lipinski definition) is 3. The second kappa shape index (κ2) is 6.52. The number of esters is 1. The van der Waals surface area contributed by atoms with Gasteiger partial charge in [0.2, 0.25) is 0 Å². The Morgan fingerprint density at radius 2 is 1.83 bits per heavy atom. The van der Waals surface area contributed by atoms with Gasteiger partial charge < -0.3 is 9.47 Å². The van der Waals surface area contributed by atoms with Gasteiger partial charge in [-0.3, -0.25) is 4.79 Å². The zero-order valence-electron chi connectivity index (χ0n) is 14.3. The Morgan fingerprint density at radius 1 is 1.08 bits per heavy atom. The van der Waals surface area contributed by atoms with E-state index in [0.717, 1.165) is 35.5 Å². The fraction of sp³-hybridized carbons (Fsp3) is 0.286. The smallest absolute Gasteiger partial charge is 0.316 e. The third-order valence-electron chi connectivity index (χ3n) is 3.87. The molecule has 24 heavy (non-hydrogen) atoms. The summed E-state index contributed by atoms with van der Waals surface area (Å²) in [5.74, 6) is 1.96. The maximum Gasteiger partial charge on any atom is 0.316 e. The molecule has 0 fully saturated rings. The lowest BCUT2D eigenvalue weighted by molar-refractivity contribution is -0.143. The summed E-state index contributed by atoms with van der Waals surface area (Å²) in [6, 6.07) is 15.7. The van der Waals surface area contributed by atoms with Crippen molar-refractivity contribution in [2.75, 3.05) is 0 Å². The molecule has 3 nitrogen and oxygen atoms in total. The molecule has 1 aliphatic heterocycles. The standard InChI is InChI=1S/C21H22O3/c1-21(2,3)20(22)24-18-12-10-16-9-11-17(23-19(16)14-18)13-15-7-5-4-6-8-15/h4-8,10,12-14H,9,11H2,1-3H3. The summed E-state index contributed by atoms with van der Waals surface area (Å²) in [5, 5.41) is 0. The minimum absolute atomic E-state index is 0.252. The van der Waals surface area contributed by atoms with Gasteiger partial charge in [-0.05, 0) is 50.5 Å². The molecule has 0 radical (unpaired) electrons. The number of allylic oxidation sites excluding steroid dienone is 1. The van der Waals surface area contributed by atoms with Crippen LogP contribution < -0.4 is 9.47 Å². The van der Waals surface area contributed by atoms with Crippen molar-refractivity contribution in [3.8, 4) is 11.5 Å². The Bertz CT molecular complexity index is 767. The molecule has 3 rings (SSSR count). The lowest BCUT2D eigenvalue weighted by Gasteiger charge is -2.21. The molecule has 3 heteroatoms. The van der Waals surface area contributed by atoms with E-state index in [9.17, 15) is 4.79 Å². The van der Waals surface area contributed by atoms with E-state index >= 15 is 0 Å². The van der Waals surface area contributed by atoms with Crippen LogP contribution in [0.1, 0.15) is 38.3 Å². The number of benzene rings is 2. The number of carbonyl (C=O) groups excluding carboxylic acids is 1. The first kappa shape index (κ1) is 16.3. The van der Waals surface area contributed by atoms with E-state index < -0.39 is 5.41 Å². The van der Waals surface area contributed by atoms with Crippen LogP contribution in [-0.2, 0) is 11.2 Å². The van der Waals surface area contributed by atoms with Crippen LogP contribution in [0.25, 0.3) is 6.08 Å². The lowest BCUT2D eigenvalue weighted by atomic mass is 9.97. The fourth-order valence-electron chi connectivity index (χ4n) is 2.45. The van der Waals surface area contributed by atoms with Gasteiger partial charge in [0.25, 0.3) is 0 Å². The summed E-state index contributed by atoms with van der Waals surface area (Å²) in [6.45, 7) is 5.51. The summed E-state index contributed by atoms with van der Waals surface area (Å²) >= 11 is 0. The second-order valence-corrected chi connectivity index (χ2v) is 7.03. The number of fused-ring (bicyclic) bond motifs is 1. The maximum atomic E-state index is 12.0. The van der Waals surface area contributed by atoms with E-state index in [2.05, 4.69) is 6.08 Å². The summed E-state index contributed by atoms with van der Waals surface area (Å²) in [4.78, 5) is 12.0. The molecule has 1 aliphatic rings. The SMILES string of the molecule is CC(C)(C)C(=O)Oc1ccc2c(c1)OC(=Cc1ccccc1)CC2. The number of ether oxygens (including phenoxy) is 2. The van der Waals surface area contributed by atoms with E-state index in [0.29, 0.717) is 5.75 Å². The molecule has 0 saturated heterocycles. The third-order valence-corrected chi connectivity index (χ3v) is 3.87. The topological polar surface area (TPSA) is 35.5 Å². The van der Waals surface area contributed by atoms with Gasteiger partial charge in [-0.15, -0.1) is 0 Å². The monoisotopic (exact) mass is 322 g/mol. The maximum absolute atomic E-state index is 12.0. The van der Waals surface area contributed by atoms with Gasteiger partial charge in [0.1, 0.15) is 17.3 Å². The predicted molar refractivity (Wildman–Crippen MR) is 94.9 cm³/mol. The minimum Gasteiger partial charge on any atom is -0.461 e. The van der Waals surface area contributed by atoms with Gasteiger partial charge in [0.15, 0.2) is 0 Å². The average molecular weight is 322 g/mol. The van der Waals surface area contributed by atoms with Gasteiger partial charge in [0, 0.05) is 12.5 Å². The van der Waals surface area contributed by atoms with E-state index in [4.69, 9.17) is 9.47 Å². The van der Waals surface area contributed by atoms with Crippen molar-refractivity contribution in [2.45, 2.75) is 33.6 Å². The van der Waals surface area contributed by atoms with Crippen molar-refractivity contribution < 1.29 is 14.3 Å². The van der Waals surface area contributed by atoms with Gasteiger partial charge in [-0.25, -0.2) is 0 Å². The molecule has 0 aromatic heterocycles. The Kier molecular flexibility index (Phi) is 4.43. The van der Waals surface area contributed by atoms with Crippen LogP contribution in [0.3, 0.4) is 0 Å². The summed E-state index contributed by atoms with van der Waals surface area (Å²) in [5.41, 5.74) is 1.72. The van der Waals surface area contributed by atoms with Crippen molar-refractivity contribution >= 4 is 12.0 Å². The largest absolute Gasteiger partial charge is 0.461 e. The summed E-state index contributed by atoms with van der Waals surface area (Å²) in [7, 11) is 0. The van der Waals surface area contributed by atoms with Gasteiger partial charge in [-0.1, -0.05) is 36.4 Å². The summed E-state index contributed by atoms with van der Waals surface area (Å²) in [6.07, 6.45) is 3.83. The molecule has 124 valence electrons. The molecule has 0 unspecified atom stereocenters. The molecule has 0 atom stereocenters. The van der Waals surface area contributed by atoms with Crippen LogP contribution in [0.2, 0.25) is 0 Å². The van der Waals surface area contributed by atoms with Crippen molar-refractivity contribution in [2.24, 2.45) is 5.41 Å². The molecule has 0 bridgehead atoms. The van der Waals surface area contributed by atoms with Crippen LogP contribution in [0.4, 0.5) is 0 Å². The van der Waals surface area contributed by atoms with Crippen LogP contribution in [0.15, 0.2) is 54.3 Å². The minimum atomic E-state index is -0.533. The van der Waals surface area contributed by atoms with E-state index in [-0.39, 0.29) is 5.97 Å². The van der Waals surface area contributed by atoms with Crippen molar-refractivity contribution in [1.82, 2.24) is 0 Å². The zero-order chi connectivity index (χ0) is 17.2.